The number of anilines is 1. The SMILES string of the molecule is Cc1ccc(C(F)(F)F)cc1NC1CCS(=O)(=O)CC1. The zero-order chi connectivity index (χ0) is 15.0. The molecule has 0 spiro atoms. The van der Waals surface area contributed by atoms with E-state index in [1.54, 1.807) is 6.92 Å². The van der Waals surface area contributed by atoms with Gasteiger partial charge in [0.15, 0.2) is 0 Å². The fraction of sp³-hybridized carbons (Fsp3) is 0.538. The van der Waals surface area contributed by atoms with Crippen LogP contribution in [0.15, 0.2) is 18.2 Å². The van der Waals surface area contributed by atoms with Gasteiger partial charge in [-0.1, -0.05) is 6.07 Å². The fourth-order valence-corrected chi connectivity index (χ4v) is 3.70. The van der Waals surface area contributed by atoms with Gasteiger partial charge in [-0.2, -0.15) is 13.2 Å². The van der Waals surface area contributed by atoms with Crippen molar-refractivity contribution in [3.8, 4) is 0 Å². The van der Waals surface area contributed by atoms with Gasteiger partial charge in [0.2, 0.25) is 0 Å². The van der Waals surface area contributed by atoms with Gasteiger partial charge in [-0.25, -0.2) is 8.42 Å². The predicted octanol–water partition coefficient (Wildman–Crippen LogP) is 3.00. The van der Waals surface area contributed by atoms with Crippen LogP contribution in [-0.4, -0.2) is 26.0 Å². The Morgan fingerprint density at radius 1 is 1.20 bits per heavy atom. The summed E-state index contributed by atoms with van der Waals surface area (Å²) >= 11 is 0. The summed E-state index contributed by atoms with van der Waals surface area (Å²) in [7, 11) is -2.97. The maximum atomic E-state index is 12.7. The van der Waals surface area contributed by atoms with Crippen LogP contribution in [0.3, 0.4) is 0 Å². The third-order valence-corrected chi connectivity index (χ3v) is 5.19. The molecular formula is C13H16F3NO2S. The summed E-state index contributed by atoms with van der Waals surface area (Å²) in [4.78, 5) is 0. The largest absolute Gasteiger partial charge is 0.416 e. The van der Waals surface area contributed by atoms with E-state index in [1.807, 2.05) is 0 Å². The van der Waals surface area contributed by atoms with Gasteiger partial charge >= 0.3 is 6.18 Å². The molecule has 112 valence electrons. The topological polar surface area (TPSA) is 46.2 Å². The van der Waals surface area contributed by atoms with E-state index in [0.717, 1.165) is 12.1 Å². The molecule has 0 unspecified atom stereocenters. The molecule has 1 aromatic carbocycles. The zero-order valence-electron chi connectivity index (χ0n) is 11.0. The third-order valence-electron chi connectivity index (χ3n) is 3.48. The van der Waals surface area contributed by atoms with E-state index in [2.05, 4.69) is 5.32 Å². The highest BCUT2D eigenvalue weighted by atomic mass is 32.2. The minimum Gasteiger partial charge on any atom is -0.382 e. The number of rotatable bonds is 2. The van der Waals surface area contributed by atoms with Crippen LogP contribution in [-0.2, 0) is 16.0 Å². The van der Waals surface area contributed by atoms with Crippen molar-refractivity contribution in [2.75, 3.05) is 16.8 Å². The normalized spacial score (nSPS) is 19.8. The Morgan fingerprint density at radius 3 is 2.35 bits per heavy atom. The van der Waals surface area contributed by atoms with Gasteiger partial charge < -0.3 is 5.32 Å². The van der Waals surface area contributed by atoms with Gasteiger partial charge in [0.1, 0.15) is 9.84 Å². The summed E-state index contributed by atoms with van der Waals surface area (Å²) < 4.78 is 60.7. The lowest BCUT2D eigenvalue weighted by Crippen LogP contribution is -2.32. The highest BCUT2D eigenvalue weighted by molar-refractivity contribution is 7.91. The first kappa shape index (κ1) is 15.2. The molecule has 0 aromatic heterocycles. The van der Waals surface area contributed by atoms with Gasteiger partial charge in [0.05, 0.1) is 17.1 Å². The van der Waals surface area contributed by atoms with Crippen molar-refractivity contribution < 1.29 is 21.6 Å². The van der Waals surface area contributed by atoms with Crippen LogP contribution >= 0.6 is 0 Å². The lowest BCUT2D eigenvalue weighted by molar-refractivity contribution is -0.137. The van der Waals surface area contributed by atoms with Crippen LogP contribution in [0.4, 0.5) is 18.9 Å². The fourth-order valence-electron chi connectivity index (χ4n) is 2.21. The highest BCUT2D eigenvalue weighted by Crippen LogP contribution is 2.32. The van der Waals surface area contributed by atoms with Crippen molar-refractivity contribution in [3.63, 3.8) is 0 Å². The van der Waals surface area contributed by atoms with Gasteiger partial charge in [-0.3, -0.25) is 0 Å². The molecule has 0 atom stereocenters. The van der Waals surface area contributed by atoms with Crippen LogP contribution in [0.2, 0.25) is 0 Å². The van der Waals surface area contributed by atoms with Crippen LogP contribution < -0.4 is 5.32 Å². The molecule has 7 heteroatoms. The molecule has 0 bridgehead atoms. The molecule has 1 heterocycles. The van der Waals surface area contributed by atoms with E-state index in [4.69, 9.17) is 0 Å². The van der Waals surface area contributed by atoms with Crippen molar-refractivity contribution in [1.29, 1.82) is 0 Å². The average molecular weight is 307 g/mol. The first-order chi connectivity index (χ1) is 9.17. The number of halogens is 3. The Labute approximate surface area is 116 Å². The van der Waals surface area contributed by atoms with Gasteiger partial charge in [0, 0.05) is 11.7 Å². The van der Waals surface area contributed by atoms with Gasteiger partial charge in [0.25, 0.3) is 0 Å². The molecule has 1 aliphatic heterocycles. The molecule has 1 aromatic rings. The Balaban J connectivity index is 2.13. The standard InChI is InChI=1S/C13H16F3NO2S/c1-9-2-3-10(13(14,15)16)8-12(9)17-11-4-6-20(18,19)7-5-11/h2-3,8,11,17H,4-7H2,1H3. The van der Waals surface area contributed by atoms with Crippen LogP contribution in [0.5, 0.6) is 0 Å². The Kier molecular flexibility index (Phi) is 4.00. The maximum absolute atomic E-state index is 12.7. The molecule has 0 radical (unpaired) electrons. The van der Waals surface area contributed by atoms with E-state index in [-0.39, 0.29) is 17.5 Å². The van der Waals surface area contributed by atoms with Crippen molar-refractivity contribution in [2.24, 2.45) is 0 Å². The Bertz CT molecular complexity index is 582. The third kappa shape index (κ3) is 3.65. The first-order valence-electron chi connectivity index (χ1n) is 6.32. The molecular weight excluding hydrogens is 291 g/mol. The molecule has 1 saturated heterocycles. The van der Waals surface area contributed by atoms with Gasteiger partial charge in [-0.15, -0.1) is 0 Å². The number of alkyl halides is 3. The van der Waals surface area contributed by atoms with Crippen molar-refractivity contribution >= 4 is 15.5 Å². The minimum atomic E-state index is -4.37. The maximum Gasteiger partial charge on any atom is 0.416 e. The van der Waals surface area contributed by atoms with Gasteiger partial charge in [-0.05, 0) is 37.5 Å². The van der Waals surface area contributed by atoms with Crippen LogP contribution in [0.25, 0.3) is 0 Å². The second-order valence-electron chi connectivity index (χ2n) is 5.10. The molecule has 0 amide bonds. The summed E-state index contributed by atoms with van der Waals surface area (Å²) in [6.45, 7) is 1.72. The molecule has 1 fully saturated rings. The molecule has 20 heavy (non-hydrogen) atoms. The van der Waals surface area contributed by atoms with E-state index in [0.29, 0.717) is 24.1 Å². The highest BCUT2D eigenvalue weighted by Gasteiger charge is 2.31. The Morgan fingerprint density at radius 2 is 1.80 bits per heavy atom. The molecule has 3 nitrogen and oxygen atoms in total. The van der Waals surface area contributed by atoms with E-state index < -0.39 is 21.6 Å². The van der Waals surface area contributed by atoms with E-state index in [1.165, 1.54) is 6.07 Å². The van der Waals surface area contributed by atoms with Crippen molar-refractivity contribution in [3.05, 3.63) is 29.3 Å². The summed E-state index contributed by atoms with van der Waals surface area (Å²) in [5.74, 6) is 0.172. The minimum absolute atomic E-state index is 0.0860. The number of hydrogen-bond acceptors (Lipinski definition) is 3. The average Bonchev–Trinajstić information content (AvgIpc) is 2.33. The number of hydrogen-bond donors (Lipinski definition) is 1. The lowest BCUT2D eigenvalue weighted by Gasteiger charge is -2.25. The number of aryl methyl sites for hydroxylation is 1. The smallest absolute Gasteiger partial charge is 0.382 e. The monoisotopic (exact) mass is 307 g/mol. The second-order valence-corrected chi connectivity index (χ2v) is 7.40. The summed E-state index contributed by atoms with van der Waals surface area (Å²) in [6, 6.07) is 3.45. The van der Waals surface area contributed by atoms with E-state index in [9.17, 15) is 21.6 Å². The number of benzene rings is 1. The van der Waals surface area contributed by atoms with Crippen molar-refractivity contribution in [1.82, 2.24) is 0 Å². The lowest BCUT2D eigenvalue weighted by atomic mass is 10.1. The zero-order valence-corrected chi connectivity index (χ0v) is 11.8. The molecule has 2 rings (SSSR count). The molecule has 0 aliphatic carbocycles. The predicted molar refractivity (Wildman–Crippen MR) is 71.5 cm³/mol. The summed E-state index contributed by atoms with van der Waals surface area (Å²) in [6.07, 6.45) is -3.52. The first-order valence-corrected chi connectivity index (χ1v) is 8.14. The number of nitrogens with one attached hydrogen (secondary N) is 1. The van der Waals surface area contributed by atoms with Crippen molar-refractivity contribution in [2.45, 2.75) is 32.0 Å². The Hall–Kier alpha value is -1.24. The molecule has 1 aliphatic rings. The molecule has 0 saturated carbocycles. The number of sulfone groups is 1. The second kappa shape index (κ2) is 5.27. The molecule has 1 N–H and O–H groups in total. The van der Waals surface area contributed by atoms with E-state index >= 15 is 0 Å². The summed E-state index contributed by atoms with van der Waals surface area (Å²) in [5.41, 5.74) is 0.435. The van der Waals surface area contributed by atoms with Crippen LogP contribution in [0.1, 0.15) is 24.0 Å². The quantitative estimate of drug-likeness (QED) is 0.913. The summed E-state index contributed by atoms with van der Waals surface area (Å²) in [5, 5.41) is 3.03. The van der Waals surface area contributed by atoms with Crippen LogP contribution in [0, 0.1) is 6.92 Å².